The van der Waals surface area contributed by atoms with Crippen LogP contribution in [0, 0.1) is 17.5 Å². The second-order valence-corrected chi connectivity index (χ2v) is 5.04. The van der Waals surface area contributed by atoms with Gasteiger partial charge in [0.2, 0.25) is 0 Å². The fourth-order valence-corrected chi connectivity index (χ4v) is 2.25. The van der Waals surface area contributed by atoms with Crippen LogP contribution in [0.1, 0.15) is 12.5 Å². The number of ether oxygens (including phenoxy) is 1. The summed E-state index contributed by atoms with van der Waals surface area (Å²) in [4.78, 5) is 2.23. The van der Waals surface area contributed by atoms with Crippen molar-refractivity contribution in [3.05, 3.63) is 35.1 Å². The monoisotopic (exact) mass is 288 g/mol. The molecule has 0 saturated carbocycles. The Balaban J connectivity index is 1.85. The quantitative estimate of drug-likeness (QED) is 0.896. The number of nitrogens with one attached hydrogen (secondary N) is 1. The van der Waals surface area contributed by atoms with Crippen LogP contribution in [0.5, 0.6) is 0 Å². The molecule has 20 heavy (non-hydrogen) atoms. The highest BCUT2D eigenvalue weighted by Gasteiger charge is 2.15. The Bertz CT molecular complexity index is 427. The Morgan fingerprint density at radius 3 is 2.40 bits per heavy atom. The molecule has 1 heterocycles. The Morgan fingerprint density at radius 1 is 1.20 bits per heavy atom. The van der Waals surface area contributed by atoms with Crippen LogP contribution in [0.25, 0.3) is 0 Å². The van der Waals surface area contributed by atoms with E-state index in [9.17, 15) is 13.2 Å². The summed E-state index contributed by atoms with van der Waals surface area (Å²) in [5, 5.41) is 3.06. The highest BCUT2D eigenvalue weighted by Crippen LogP contribution is 2.14. The predicted octanol–water partition coefficient (Wildman–Crippen LogP) is 1.91. The van der Waals surface area contributed by atoms with Gasteiger partial charge >= 0.3 is 0 Å². The topological polar surface area (TPSA) is 24.5 Å². The summed E-state index contributed by atoms with van der Waals surface area (Å²) in [7, 11) is 0. The van der Waals surface area contributed by atoms with Crippen LogP contribution in [-0.2, 0) is 11.3 Å². The van der Waals surface area contributed by atoms with Gasteiger partial charge in [0.15, 0.2) is 0 Å². The largest absolute Gasteiger partial charge is 0.379 e. The summed E-state index contributed by atoms with van der Waals surface area (Å²) in [5.74, 6) is -2.60. The molecule has 1 atom stereocenters. The first-order chi connectivity index (χ1) is 9.56. The number of hydrogen-bond acceptors (Lipinski definition) is 3. The van der Waals surface area contributed by atoms with Crippen molar-refractivity contribution in [1.29, 1.82) is 0 Å². The molecule has 1 aromatic rings. The van der Waals surface area contributed by atoms with E-state index in [0.29, 0.717) is 25.3 Å². The number of halogens is 3. The summed E-state index contributed by atoms with van der Waals surface area (Å²) in [6.45, 7) is 5.95. The van der Waals surface area contributed by atoms with Crippen molar-refractivity contribution in [2.45, 2.75) is 19.5 Å². The van der Waals surface area contributed by atoms with E-state index in [1.807, 2.05) is 6.92 Å². The SMILES string of the molecule is CC(CN1CCOCC1)NCc1c(F)cc(F)cc1F. The number of morpholine rings is 1. The molecule has 0 amide bonds. The normalized spacial score (nSPS) is 18.2. The minimum atomic E-state index is -0.898. The molecule has 0 radical (unpaired) electrons. The summed E-state index contributed by atoms with van der Waals surface area (Å²) < 4.78 is 45.0. The van der Waals surface area contributed by atoms with Crippen molar-refractivity contribution >= 4 is 0 Å². The molecule has 1 aliphatic heterocycles. The Kier molecular flexibility index (Phi) is 5.39. The van der Waals surface area contributed by atoms with E-state index in [-0.39, 0.29) is 18.2 Å². The van der Waals surface area contributed by atoms with Crippen molar-refractivity contribution in [3.63, 3.8) is 0 Å². The number of hydrogen-bond donors (Lipinski definition) is 1. The molecule has 1 fully saturated rings. The number of nitrogens with zero attached hydrogens (tertiary/aromatic N) is 1. The third kappa shape index (κ3) is 4.19. The maximum Gasteiger partial charge on any atom is 0.133 e. The molecule has 0 aromatic heterocycles. The molecule has 1 aromatic carbocycles. The number of rotatable bonds is 5. The van der Waals surface area contributed by atoms with E-state index in [4.69, 9.17) is 4.74 Å². The average molecular weight is 288 g/mol. The molecule has 0 spiro atoms. The minimum Gasteiger partial charge on any atom is -0.379 e. The standard InChI is InChI=1S/C14H19F3N2O/c1-10(9-19-2-4-20-5-3-19)18-8-12-13(16)6-11(15)7-14(12)17/h6-7,10,18H,2-5,8-9H2,1H3. The first-order valence-electron chi connectivity index (χ1n) is 6.73. The van der Waals surface area contributed by atoms with Crippen LogP contribution in [-0.4, -0.2) is 43.8 Å². The highest BCUT2D eigenvalue weighted by atomic mass is 19.1. The van der Waals surface area contributed by atoms with E-state index >= 15 is 0 Å². The van der Waals surface area contributed by atoms with Gasteiger partial charge in [-0.25, -0.2) is 13.2 Å². The van der Waals surface area contributed by atoms with E-state index in [2.05, 4.69) is 10.2 Å². The summed E-state index contributed by atoms with van der Waals surface area (Å²) in [6, 6.07) is 1.48. The molecular formula is C14H19F3N2O. The van der Waals surface area contributed by atoms with Gasteiger partial charge in [-0.15, -0.1) is 0 Å². The zero-order valence-electron chi connectivity index (χ0n) is 11.5. The average Bonchev–Trinajstić information content (AvgIpc) is 2.38. The lowest BCUT2D eigenvalue weighted by atomic mass is 10.1. The predicted molar refractivity (Wildman–Crippen MR) is 69.9 cm³/mol. The van der Waals surface area contributed by atoms with Gasteiger partial charge in [0, 0.05) is 49.9 Å². The van der Waals surface area contributed by atoms with Gasteiger partial charge in [0.25, 0.3) is 0 Å². The zero-order chi connectivity index (χ0) is 14.5. The molecule has 3 nitrogen and oxygen atoms in total. The van der Waals surface area contributed by atoms with Crippen molar-refractivity contribution in [3.8, 4) is 0 Å². The maximum absolute atomic E-state index is 13.5. The van der Waals surface area contributed by atoms with E-state index < -0.39 is 17.5 Å². The summed E-state index contributed by atoms with van der Waals surface area (Å²) in [6.07, 6.45) is 0. The van der Waals surface area contributed by atoms with Crippen LogP contribution < -0.4 is 5.32 Å². The van der Waals surface area contributed by atoms with Gasteiger partial charge < -0.3 is 10.1 Å². The maximum atomic E-state index is 13.5. The first-order valence-corrected chi connectivity index (χ1v) is 6.73. The van der Waals surface area contributed by atoms with Gasteiger partial charge in [0.1, 0.15) is 17.5 Å². The van der Waals surface area contributed by atoms with E-state index in [1.165, 1.54) is 0 Å². The van der Waals surface area contributed by atoms with E-state index in [1.54, 1.807) is 0 Å². The third-order valence-corrected chi connectivity index (χ3v) is 3.37. The lowest BCUT2D eigenvalue weighted by Crippen LogP contribution is -2.44. The van der Waals surface area contributed by atoms with Crippen molar-refractivity contribution in [2.75, 3.05) is 32.8 Å². The zero-order valence-corrected chi connectivity index (χ0v) is 11.5. The van der Waals surface area contributed by atoms with Gasteiger partial charge in [-0.2, -0.15) is 0 Å². The molecular weight excluding hydrogens is 269 g/mol. The lowest BCUT2D eigenvalue weighted by molar-refractivity contribution is 0.0343. The Labute approximate surface area is 116 Å². The van der Waals surface area contributed by atoms with Crippen LogP contribution in [0.15, 0.2) is 12.1 Å². The smallest absolute Gasteiger partial charge is 0.133 e. The molecule has 1 aliphatic rings. The molecule has 1 N–H and O–H groups in total. The van der Waals surface area contributed by atoms with Gasteiger partial charge in [-0.3, -0.25) is 4.90 Å². The van der Waals surface area contributed by atoms with Crippen molar-refractivity contribution in [2.24, 2.45) is 0 Å². The van der Waals surface area contributed by atoms with Gasteiger partial charge in [0.05, 0.1) is 13.2 Å². The molecule has 6 heteroatoms. The molecule has 112 valence electrons. The lowest BCUT2D eigenvalue weighted by Gasteiger charge is -2.29. The highest BCUT2D eigenvalue weighted by molar-refractivity contribution is 5.20. The van der Waals surface area contributed by atoms with Crippen LogP contribution in [0.3, 0.4) is 0 Å². The van der Waals surface area contributed by atoms with Gasteiger partial charge in [-0.1, -0.05) is 0 Å². The Hall–Kier alpha value is -1.11. The number of benzene rings is 1. The summed E-state index contributed by atoms with van der Waals surface area (Å²) >= 11 is 0. The molecule has 2 rings (SSSR count). The van der Waals surface area contributed by atoms with Crippen LogP contribution >= 0.6 is 0 Å². The second-order valence-electron chi connectivity index (χ2n) is 5.04. The van der Waals surface area contributed by atoms with Crippen molar-refractivity contribution < 1.29 is 17.9 Å². The minimum absolute atomic E-state index is 0.0451. The van der Waals surface area contributed by atoms with Crippen molar-refractivity contribution in [1.82, 2.24) is 10.2 Å². The molecule has 1 saturated heterocycles. The van der Waals surface area contributed by atoms with E-state index in [0.717, 1.165) is 19.6 Å². The second kappa shape index (κ2) is 7.06. The third-order valence-electron chi connectivity index (χ3n) is 3.37. The molecule has 1 unspecified atom stereocenters. The van der Waals surface area contributed by atoms with Crippen LogP contribution in [0.4, 0.5) is 13.2 Å². The molecule has 0 bridgehead atoms. The Morgan fingerprint density at radius 2 is 1.80 bits per heavy atom. The summed E-state index contributed by atoms with van der Waals surface area (Å²) in [5.41, 5.74) is -0.125. The van der Waals surface area contributed by atoms with Gasteiger partial charge in [-0.05, 0) is 6.92 Å². The van der Waals surface area contributed by atoms with Crippen LogP contribution in [0.2, 0.25) is 0 Å². The molecule has 0 aliphatic carbocycles. The first kappa shape index (κ1) is 15.3. The fraction of sp³-hybridized carbons (Fsp3) is 0.571. The fourth-order valence-electron chi connectivity index (χ4n) is 2.25.